The van der Waals surface area contributed by atoms with Gasteiger partial charge in [-0.3, -0.25) is 14.5 Å². The minimum Gasteiger partial charge on any atom is -0.497 e. The maximum Gasteiger partial charge on any atom is 0.255 e. The Kier molecular flexibility index (Phi) is 6.50. The fourth-order valence-electron chi connectivity index (χ4n) is 4.70. The van der Waals surface area contributed by atoms with Crippen molar-refractivity contribution in [3.8, 4) is 11.5 Å². The normalized spacial score (nSPS) is 18.7. The highest BCUT2D eigenvalue weighted by Gasteiger charge is 2.33. The van der Waals surface area contributed by atoms with Crippen molar-refractivity contribution in [1.29, 1.82) is 0 Å². The highest BCUT2D eigenvalue weighted by Crippen LogP contribution is 2.32. The van der Waals surface area contributed by atoms with E-state index in [4.69, 9.17) is 14.5 Å². The van der Waals surface area contributed by atoms with E-state index < -0.39 is 0 Å². The number of methoxy groups -OCH3 is 2. The first kappa shape index (κ1) is 22.3. The summed E-state index contributed by atoms with van der Waals surface area (Å²) < 4.78 is 10.7. The summed E-state index contributed by atoms with van der Waals surface area (Å²) in [4.78, 5) is 38.1. The van der Waals surface area contributed by atoms with E-state index in [9.17, 15) is 9.59 Å². The van der Waals surface area contributed by atoms with Crippen LogP contribution < -0.4 is 15.0 Å². The van der Waals surface area contributed by atoms with E-state index in [1.807, 2.05) is 23.1 Å². The van der Waals surface area contributed by atoms with Gasteiger partial charge in [0.15, 0.2) is 0 Å². The molecule has 1 amide bonds. The Hall–Kier alpha value is -2.87. The number of hydrogen-bond acceptors (Lipinski definition) is 6. The second kappa shape index (κ2) is 9.32. The third-order valence-corrected chi connectivity index (χ3v) is 6.56. The first-order valence-electron chi connectivity index (χ1n) is 11.3. The number of fused-ring (bicyclic) bond motifs is 1. The van der Waals surface area contributed by atoms with Crippen LogP contribution in [-0.4, -0.2) is 59.0 Å². The van der Waals surface area contributed by atoms with E-state index in [0.717, 1.165) is 42.6 Å². The molecule has 3 heterocycles. The lowest BCUT2D eigenvalue weighted by Crippen LogP contribution is -2.40. The third kappa shape index (κ3) is 4.37. The van der Waals surface area contributed by atoms with Crippen LogP contribution in [0.3, 0.4) is 0 Å². The zero-order valence-corrected chi connectivity index (χ0v) is 19.3. The highest BCUT2D eigenvalue weighted by molar-refractivity contribution is 5.80. The molecule has 0 radical (unpaired) electrons. The van der Waals surface area contributed by atoms with E-state index in [0.29, 0.717) is 36.5 Å². The topological polar surface area (TPSA) is 87.8 Å². The molecule has 1 N–H and O–H groups in total. The first-order valence-corrected chi connectivity index (χ1v) is 11.3. The van der Waals surface area contributed by atoms with Crippen LogP contribution in [0.2, 0.25) is 0 Å². The molecule has 1 saturated heterocycles. The molecular weight excluding hydrogens is 408 g/mol. The van der Waals surface area contributed by atoms with Gasteiger partial charge in [-0.1, -0.05) is 0 Å². The van der Waals surface area contributed by atoms with E-state index >= 15 is 0 Å². The molecule has 2 aliphatic heterocycles. The molecule has 0 aliphatic carbocycles. The number of nitrogens with one attached hydrogen (secondary N) is 1. The summed E-state index contributed by atoms with van der Waals surface area (Å²) in [6, 6.07) is 5.64. The summed E-state index contributed by atoms with van der Waals surface area (Å²) in [7, 11) is 3.19. The average molecular weight is 441 g/mol. The van der Waals surface area contributed by atoms with Crippen LogP contribution in [0.4, 0.5) is 0 Å². The molecule has 0 spiro atoms. The lowest BCUT2D eigenvalue weighted by atomic mass is 10.0. The summed E-state index contributed by atoms with van der Waals surface area (Å²) in [6.07, 6.45) is 2.63. The van der Waals surface area contributed by atoms with Crippen LogP contribution in [0.1, 0.15) is 55.4 Å². The number of rotatable bonds is 6. The van der Waals surface area contributed by atoms with Gasteiger partial charge in [0.2, 0.25) is 5.91 Å². The predicted octanol–water partition coefficient (Wildman–Crippen LogP) is 2.46. The average Bonchev–Trinajstić information content (AvgIpc) is 3.29. The third-order valence-electron chi connectivity index (χ3n) is 6.56. The van der Waals surface area contributed by atoms with Gasteiger partial charge in [-0.05, 0) is 44.9 Å². The summed E-state index contributed by atoms with van der Waals surface area (Å²) in [5, 5.41) is 0. The van der Waals surface area contributed by atoms with Crippen LogP contribution in [-0.2, 0) is 24.2 Å². The number of carbonyl (C=O) groups is 1. The lowest BCUT2D eigenvalue weighted by Gasteiger charge is -2.31. The highest BCUT2D eigenvalue weighted by atomic mass is 16.5. The molecule has 1 fully saturated rings. The molecule has 0 saturated carbocycles. The SMILES string of the molecule is COc1ccc(OC)c(CC(=O)N2CCCC2c2nc3c(c(=O)[nH]2)CN(C(C)C)CC3)c1. The number of hydrogen-bond donors (Lipinski definition) is 1. The maximum absolute atomic E-state index is 13.3. The van der Waals surface area contributed by atoms with Crippen LogP contribution >= 0.6 is 0 Å². The molecule has 8 nitrogen and oxygen atoms in total. The zero-order chi connectivity index (χ0) is 22.8. The van der Waals surface area contributed by atoms with Crippen molar-refractivity contribution in [2.75, 3.05) is 27.3 Å². The number of aromatic nitrogens is 2. The van der Waals surface area contributed by atoms with Crippen LogP contribution in [0.25, 0.3) is 0 Å². The maximum atomic E-state index is 13.3. The molecule has 2 aliphatic rings. The zero-order valence-electron chi connectivity index (χ0n) is 19.3. The predicted molar refractivity (Wildman–Crippen MR) is 121 cm³/mol. The molecule has 2 aromatic rings. The minimum atomic E-state index is -0.208. The van der Waals surface area contributed by atoms with Crippen molar-refractivity contribution >= 4 is 5.91 Å². The Morgan fingerprint density at radius 3 is 2.78 bits per heavy atom. The van der Waals surface area contributed by atoms with Gasteiger partial charge in [0.25, 0.3) is 5.56 Å². The fraction of sp³-hybridized carbons (Fsp3) is 0.542. The molecule has 1 unspecified atom stereocenters. The Morgan fingerprint density at radius 2 is 2.06 bits per heavy atom. The number of nitrogens with zero attached hydrogens (tertiary/aromatic N) is 3. The fourth-order valence-corrected chi connectivity index (χ4v) is 4.70. The van der Waals surface area contributed by atoms with Crippen molar-refractivity contribution in [2.24, 2.45) is 0 Å². The Bertz CT molecular complexity index is 1050. The molecule has 4 rings (SSSR count). The number of H-pyrrole nitrogens is 1. The van der Waals surface area contributed by atoms with Gasteiger partial charge < -0.3 is 19.4 Å². The molecule has 1 atom stereocenters. The monoisotopic (exact) mass is 440 g/mol. The van der Waals surface area contributed by atoms with Gasteiger partial charge in [0, 0.05) is 37.7 Å². The van der Waals surface area contributed by atoms with Crippen molar-refractivity contribution in [3.63, 3.8) is 0 Å². The van der Waals surface area contributed by atoms with Gasteiger partial charge in [-0.25, -0.2) is 4.98 Å². The second-order valence-electron chi connectivity index (χ2n) is 8.79. The summed E-state index contributed by atoms with van der Waals surface area (Å²) in [6.45, 7) is 6.44. The number of amides is 1. The Morgan fingerprint density at radius 1 is 1.25 bits per heavy atom. The Labute approximate surface area is 188 Å². The smallest absolute Gasteiger partial charge is 0.255 e. The number of carbonyl (C=O) groups excluding carboxylic acids is 1. The van der Waals surface area contributed by atoms with E-state index in [1.54, 1.807) is 14.2 Å². The second-order valence-corrected chi connectivity index (χ2v) is 8.79. The van der Waals surface area contributed by atoms with Gasteiger partial charge in [0.1, 0.15) is 17.3 Å². The summed E-state index contributed by atoms with van der Waals surface area (Å²) in [5.74, 6) is 1.94. The molecule has 1 aromatic heterocycles. The lowest BCUT2D eigenvalue weighted by molar-refractivity contribution is -0.131. The quantitative estimate of drug-likeness (QED) is 0.743. The van der Waals surface area contributed by atoms with E-state index in [1.165, 1.54) is 0 Å². The van der Waals surface area contributed by atoms with Crippen molar-refractivity contribution in [3.05, 3.63) is 51.2 Å². The number of benzene rings is 1. The molecule has 0 bridgehead atoms. The molecular formula is C24H32N4O4. The van der Waals surface area contributed by atoms with E-state index in [2.05, 4.69) is 23.7 Å². The minimum absolute atomic E-state index is 0.00888. The van der Waals surface area contributed by atoms with Gasteiger partial charge in [-0.2, -0.15) is 0 Å². The first-order chi connectivity index (χ1) is 15.4. The van der Waals surface area contributed by atoms with Gasteiger partial charge >= 0.3 is 0 Å². The molecule has 32 heavy (non-hydrogen) atoms. The molecule has 172 valence electrons. The van der Waals surface area contributed by atoms with Crippen LogP contribution in [0.5, 0.6) is 11.5 Å². The van der Waals surface area contributed by atoms with Gasteiger partial charge in [0.05, 0.1) is 37.9 Å². The number of likely N-dealkylation sites (tertiary alicyclic amines) is 1. The van der Waals surface area contributed by atoms with Gasteiger partial charge in [-0.15, -0.1) is 0 Å². The standard InChI is InChI=1S/C24H32N4O4/c1-15(2)27-11-9-19-18(14-27)24(30)26-23(25-19)20-6-5-10-28(20)22(29)13-16-12-17(31-3)7-8-21(16)32-4/h7-8,12,15,20H,5-6,9-11,13-14H2,1-4H3,(H,25,26,30). The summed E-state index contributed by atoms with van der Waals surface area (Å²) in [5.41, 5.74) is 2.33. The largest absolute Gasteiger partial charge is 0.497 e. The number of ether oxygens (including phenoxy) is 2. The van der Waals surface area contributed by atoms with Crippen molar-refractivity contribution in [1.82, 2.24) is 19.8 Å². The van der Waals surface area contributed by atoms with Crippen LogP contribution in [0, 0.1) is 0 Å². The van der Waals surface area contributed by atoms with Crippen molar-refractivity contribution in [2.45, 2.75) is 58.2 Å². The van der Waals surface area contributed by atoms with Crippen LogP contribution in [0.15, 0.2) is 23.0 Å². The number of aromatic amines is 1. The van der Waals surface area contributed by atoms with E-state index in [-0.39, 0.29) is 23.9 Å². The molecule has 1 aromatic carbocycles. The Balaban J connectivity index is 1.56. The molecule has 8 heteroatoms. The van der Waals surface area contributed by atoms with Crippen molar-refractivity contribution < 1.29 is 14.3 Å². The summed E-state index contributed by atoms with van der Waals surface area (Å²) >= 11 is 0.